The zero-order valence-electron chi connectivity index (χ0n) is 12.9. The number of hydrogen-bond donors (Lipinski definition) is 2. The SMILES string of the molecule is CCCNc1ncnc(NCc2nncn2C)c1CCC. The molecule has 0 unspecified atom stereocenters. The molecule has 2 N–H and O–H groups in total. The molecule has 0 aliphatic heterocycles. The molecule has 2 aromatic rings. The normalized spacial score (nSPS) is 10.6. The zero-order valence-corrected chi connectivity index (χ0v) is 12.9. The lowest BCUT2D eigenvalue weighted by Gasteiger charge is -2.14. The van der Waals surface area contributed by atoms with Crippen LogP contribution in [0.15, 0.2) is 12.7 Å². The Kier molecular flexibility index (Phi) is 5.48. The highest BCUT2D eigenvalue weighted by Crippen LogP contribution is 2.22. The Morgan fingerprint density at radius 2 is 1.86 bits per heavy atom. The van der Waals surface area contributed by atoms with E-state index in [9.17, 15) is 0 Å². The predicted octanol–water partition coefficient (Wildman–Crippen LogP) is 1.99. The molecule has 0 radical (unpaired) electrons. The lowest BCUT2D eigenvalue weighted by Crippen LogP contribution is -2.12. The maximum Gasteiger partial charge on any atom is 0.151 e. The van der Waals surface area contributed by atoms with Gasteiger partial charge < -0.3 is 15.2 Å². The lowest BCUT2D eigenvalue weighted by molar-refractivity contribution is 0.806. The highest BCUT2D eigenvalue weighted by Gasteiger charge is 2.11. The van der Waals surface area contributed by atoms with E-state index in [4.69, 9.17) is 0 Å². The van der Waals surface area contributed by atoms with Crippen LogP contribution in [0.1, 0.15) is 38.1 Å². The first kappa shape index (κ1) is 15.2. The van der Waals surface area contributed by atoms with E-state index in [0.717, 1.165) is 48.8 Å². The van der Waals surface area contributed by atoms with Crippen molar-refractivity contribution >= 4 is 11.6 Å². The average Bonchev–Trinajstić information content (AvgIpc) is 2.90. The van der Waals surface area contributed by atoms with Gasteiger partial charge in [-0.1, -0.05) is 20.3 Å². The summed E-state index contributed by atoms with van der Waals surface area (Å²) < 4.78 is 1.89. The first-order valence-corrected chi connectivity index (χ1v) is 7.40. The molecule has 2 rings (SSSR count). The molecule has 7 nitrogen and oxygen atoms in total. The van der Waals surface area contributed by atoms with Crippen molar-refractivity contribution in [3.8, 4) is 0 Å². The van der Waals surface area contributed by atoms with Crippen molar-refractivity contribution in [3.63, 3.8) is 0 Å². The van der Waals surface area contributed by atoms with Gasteiger partial charge in [0, 0.05) is 19.2 Å². The fraction of sp³-hybridized carbons (Fsp3) is 0.571. The molecular formula is C14H23N7. The second kappa shape index (κ2) is 7.56. The minimum absolute atomic E-state index is 0.595. The molecule has 2 aromatic heterocycles. The zero-order chi connectivity index (χ0) is 15.1. The number of anilines is 2. The van der Waals surface area contributed by atoms with E-state index in [2.05, 4.69) is 44.6 Å². The van der Waals surface area contributed by atoms with Gasteiger partial charge in [-0.05, 0) is 12.8 Å². The van der Waals surface area contributed by atoms with Gasteiger partial charge in [0.1, 0.15) is 24.3 Å². The van der Waals surface area contributed by atoms with Crippen LogP contribution in [0.2, 0.25) is 0 Å². The maximum absolute atomic E-state index is 4.38. The molecule has 0 atom stereocenters. The van der Waals surface area contributed by atoms with E-state index in [1.807, 2.05) is 11.6 Å². The van der Waals surface area contributed by atoms with Gasteiger partial charge in [-0.2, -0.15) is 0 Å². The number of aryl methyl sites for hydroxylation is 1. The van der Waals surface area contributed by atoms with Gasteiger partial charge in [0.25, 0.3) is 0 Å². The Balaban J connectivity index is 2.15. The summed E-state index contributed by atoms with van der Waals surface area (Å²) in [5, 5.41) is 14.7. The van der Waals surface area contributed by atoms with E-state index >= 15 is 0 Å². The van der Waals surface area contributed by atoms with Gasteiger partial charge in [0.05, 0.1) is 6.54 Å². The van der Waals surface area contributed by atoms with Gasteiger partial charge in [0.2, 0.25) is 0 Å². The third-order valence-corrected chi connectivity index (χ3v) is 3.21. The Hall–Kier alpha value is -2.18. The summed E-state index contributed by atoms with van der Waals surface area (Å²) in [5.41, 5.74) is 1.13. The van der Waals surface area contributed by atoms with Crippen molar-refractivity contribution < 1.29 is 0 Å². The molecule has 2 heterocycles. The summed E-state index contributed by atoms with van der Waals surface area (Å²) in [5.74, 6) is 2.67. The summed E-state index contributed by atoms with van der Waals surface area (Å²) in [6.45, 7) is 5.80. The summed E-state index contributed by atoms with van der Waals surface area (Å²) in [4.78, 5) is 8.74. The summed E-state index contributed by atoms with van der Waals surface area (Å²) in [7, 11) is 1.93. The number of aromatic nitrogens is 5. The highest BCUT2D eigenvalue weighted by molar-refractivity contribution is 5.57. The van der Waals surface area contributed by atoms with E-state index < -0.39 is 0 Å². The molecule has 0 fully saturated rings. The smallest absolute Gasteiger partial charge is 0.151 e. The maximum atomic E-state index is 4.38. The summed E-state index contributed by atoms with van der Waals surface area (Å²) >= 11 is 0. The molecule has 0 amide bonds. The van der Waals surface area contributed by atoms with E-state index in [-0.39, 0.29) is 0 Å². The Morgan fingerprint density at radius 3 is 2.48 bits per heavy atom. The molecule has 0 aromatic carbocycles. The monoisotopic (exact) mass is 289 g/mol. The van der Waals surface area contributed by atoms with Gasteiger partial charge in [-0.15, -0.1) is 10.2 Å². The van der Waals surface area contributed by atoms with Crippen molar-refractivity contribution in [3.05, 3.63) is 24.0 Å². The topological polar surface area (TPSA) is 80.6 Å². The van der Waals surface area contributed by atoms with Crippen molar-refractivity contribution in [1.82, 2.24) is 24.7 Å². The van der Waals surface area contributed by atoms with Crippen LogP contribution < -0.4 is 10.6 Å². The highest BCUT2D eigenvalue weighted by atomic mass is 15.3. The van der Waals surface area contributed by atoms with Crippen LogP contribution in [-0.2, 0) is 20.0 Å². The van der Waals surface area contributed by atoms with Gasteiger partial charge in [-0.3, -0.25) is 0 Å². The molecular weight excluding hydrogens is 266 g/mol. The quantitative estimate of drug-likeness (QED) is 0.773. The van der Waals surface area contributed by atoms with Crippen LogP contribution >= 0.6 is 0 Å². The second-order valence-electron chi connectivity index (χ2n) is 4.94. The number of hydrogen-bond acceptors (Lipinski definition) is 6. The molecule has 7 heteroatoms. The van der Waals surface area contributed by atoms with E-state index in [1.54, 1.807) is 12.7 Å². The van der Waals surface area contributed by atoms with Gasteiger partial charge >= 0.3 is 0 Å². The van der Waals surface area contributed by atoms with Gasteiger partial charge in [0.15, 0.2) is 5.82 Å². The van der Waals surface area contributed by atoms with Crippen LogP contribution in [0.5, 0.6) is 0 Å². The lowest BCUT2D eigenvalue weighted by atomic mass is 10.1. The predicted molar refractivity (Wildman–Crippen MR) is 83.1 cm³/mol. The summed E-state index contributed by atoms with van der Waals surface area (Å²) in [6, 6.07) is 0. The molecule has 0 aliphatic rings. The van der Waals surface area contributed by atoms with Crippen LogP contribution in [0.25, 0.3) is 0 Å². The molecule has 0 aliphatic carbocycles. The molecule has 0 saturated carbocycles. The third kappa shape index (κ3) is 3.90. The summed E-state index contributed by atoms with van der Waals surface area (Å²) in [6.07, 6.45) is 6.34. The van der Waals surface area contributed by atoms with Crippen LogP contribution in [0.4, 0.5) is 11.6 Å². The minimum Gasteiger partial charge on any atom is -0.370 e. The molecule has 0 saturated heterocycles. The van der Waals surface area contributed by atoms with Crippen molar-refractivity contribution in [2.24, 2.45) is 7.05 Å². The van der Waals surface area contributed by atoms with Crippen LogP contribution in [-0.4, -0.2) is 31.3 Å². The first-order valence-electron chi connectivity index (χ1n) is 7.40. The Labute approximate surface area is 125 Å². The van der Waals surface area contributed by atoms with E-state index in [0.29, 0.717) is 6.54 Å². The second-order valence-corrected chi connectivity index (χ2v) is 4.94. The Morgan fingerprint density at radius 1 is 1.10 bits per heavy atom. The average molecular weight is 289 g/mol. The first-order chi connectivity index (χ1) is 10.3. The van der Waals surface area contributed by atoms with Crippen molar-refractivity contribution in [2.45, 2.75) is 39.7 Å². The minimum atomic E-state index is 0.595. The van der Waals surface area contributed by atoms with Gasteiger partial charge in [-0.25, -0.2) is 9.97 Å². The van der Waals surface area contributed by atoms with E-state index in [1.165, 1.54) is 0 Å². The fourth-order valence-electron chi connectivity index (χ4n) is 2.08. The molecule has 0 spiro atoms. The van der Waals surface area contributed by atoms with Crippen LogP contribution in [0.3, 0.4) is 0 Å². The van der Waals surface area contributed by atoms with Crippen molar-refractivity contribution in [1.29, 1.82) is 0 Å². The molecule has 114 valence electrons. The number of nitrogens with one attached hydrogen (secondary N) is 2. The number of nitrogens with zero attached hydrogens (tertiary/aromatic N) is 5. The Bertz CT molecular complexity index is 564. The van der Waals surface area contributed by atoms with Crippen LogP contribution in [0, 0.1) is 0 Å². The standard InChI is InChI=1S/C14H23N7/c1-4-6-11-13(15-7-5-2)17-9-18-14(11)16-8-12-20-19-10-21(12)3/h9-10H,4-8H2,1-3H3,(H2,15,16,17,18). The van der Waals surface area contributed by atoms with Crippen molar-refractivity contribution in [2.75, 3.05) is 17.2 Å². The number of rotatable bonds is 8. The fourth-order valence-corrected chi connectivity index (χ4v) is 2.08. The molecule has 0 bridgehead atoms. The third-order valence-electron chi connectivity index (χ3n) is 3.21. The largest absolute Gasteiger partial charge is 0.370 e. The molecule has 21 heavy (non-hydrogen) atoms.